The number of hydrogen-bond acceptors (Lipinski definition) is 4. The number of aromatic nitrogens is 3. The molecule has 10 rings (SSSR count). The second-order valence-corrected chi connectivity index (χ2v) is 13.3. The number of thiophene rings is 1. The van der Waals surface area contributed by atoms with Crippen LogP contribution in [0.1, 0.15) is 0 Å². The zero-order valence-electron chi connectivity index (χ0n) is 25.2. The molecule has 0 fully saturated rings. The van der Waals surface area contributed by atoms with Crippen LogP contribution in [0.4, 0.5) is 11.4 Å². The summed E-state index contributed by atoms with van der Waals surface area (Å²) in [6, 6.07) is 40.0. The predicted molar refractivity (Wildman–Crippen MR) is 194 cm³/mol. The Morgan fingerprint density at radius 3 is 1.84 bits per heavy atom. The van der Waals surface area contributed by atoms with Gasteiger partial charge in [-0.1, -0.05) is 54.6 Å². The Labute approximate surface area is 264 Å². The molecule has 45 heavy (non-hydrogen) atoms. The maximum absolute atomic E-state index is 5.01. The minimum Gasteiger partial charge on any atom is -0.397 e. The second-order valence-electron chi connectivity index (χ2n) is 12.2. The van der Waals surface area contributed by atoms with Gasteiger partial charge in [0.15, 0.2) is 5.82 Å². The summed E-state index contributed by atoms with van der Waals surface area (Å²) in [5.41, 5.74) is 8.54. The van der Waals surface area contributed by atoms with Crippen LogP contribution in [0.3, 0.4) is 0 Å². The van der Waals surface area contributed by atoms with E-state index in [4.69, 9.17) is 4.98 Å². The predicted octanol–water partition coefficient (Wildman–Crippen LogP) is 9.65. The molecule has 0 atom stereocenters. The fourth-order valence-corrected chi connectivity index (χ4v) is 8.78. The molecule has 0 N–H and O–H groups in total. The van der Waals surface area contributed by atoms with Gasteiger partial charge in [-0.05, 0) is 75.5 Å². The average molecular weight is 598 g/mol. The van der Waals surface area contributed by atoms with Gasteiger partial charge in [0.05, 0.1) is 32.5 Å². The third-order valence-corrected chi connectivity index (χ3v) is 11.2. The van der Waals surface area contributed by atoms with Crippen LogP contribution in [-0.2, 0) is 0 Å². The first kappa shape index (κ1) is 25.1. The fraction of sp³-hybridized carbons (Fsp3) is 0.0789. The van der Waals surface area contributed by atoms with E-state index in [0.717, 1.165) is 5.82 Å². The normalized spacial score (nSPS) is 13.5. The van der Waals surface area contributed by atoms with Crippen molar-refractivity contribution in [3.05, 3.63) is 115 Å². The van der Waals surface area contributed by atoms with Crippen LogP contribution in [0, 0.1) is 0 Å². The van der Waals surface area contributed by atoms with Crippen molar-refractivity contribution in [2.24, 2.45) is 0 Å². The lowest BCUT2D eigenvalue weighted by molar-refractivity contribution is 1.11. The minimum absolute atomic E-state index is 0.317. The van der Waals surface area contributed by atoms with Crippen LogP contribution >= 0.6 is 11.3 Å². The van der Waals surface area contributed by atoms with E-state index in [2.05, 4.69) is 149 Å². The van der Waals surface area contributed by atoms with Crippen molar-refractivity contribution in [2.75, 3.05) is 23.7 Å². The Hall–Kier alpha value is -5.27. The standard InChI is InChI=1S/C38H28BN5S/c1-39-41(2)34-21-28-26-12-6-7-13-30(26)43(33(28)22-35(34)42(39)3)23-16-17-36-29(20-23)27-18-19-40-38(37(27)45-36)44-31-14-8-4-10-24(31)25-11-5-9-15-32(25)44/h4-22H,1-3H3. The maximum Gasteiger partial charge on any atom is 0.371 e. The highest BCUT2D eigenvalue weighted by molar-refractivity contribution is 7.26. The third-order valence-electron chi connectivity index (χ3n) is 10.1. The Morgan fingerprint density at radius 2 is 1.16 bits per heavy atom. The monoisotopic (exact) mass is 597 g/mol. The molecule has 0 saturated heterocycles. The second kappa shape index (κ2) is 8.90. The smallest absolute Gasteiger partial charge is 0.371 e. The van der Waals surface area contributed by atoms with E-state index in [9.17, 15) is 0 Å². The summed E-state index contributed by atoms with van der Waals surface area (Å²) in [6.07, 6.45) is 1.97. The Balaban J connectivity index is 1.24. The van der Waals surface area contributed by atoms with Crippen LogP contribution in [0.25, 0.3) is 75.3 Å². The number of para-hydroxylation sites is 3. The summed E-state index contributed by atoms with van der Waals surface area (Å²) >= 11 is 1.83. The number of nitrogens with zero attached hydrogens (tertiary/aromatic N) is 5. The summed E-state index contributed by atoms with van der Waals surface area (Å²) in [5.74, 6) is 0.987. The minimum atomic E-state index is 0.317. The molecule has 214 valence electrons. The Kier molecular flexibility index (Phi) is 4.96. The molecule has 0 unspecified atom stereocenters. The zero-order chi connectivity index (χ0) is 30.0. The zero-order valence-corrected chi connectivity index (χ0v) is 26.0. The van der Waals surface area contributed by atoms with Crippen LogP contribution in [0.5, 0.6) is 0 Å². The number of benzene rings is 5. The molecular weight excluding hydrogens is 569 g/mol. The van der Waals surface area contributed by atoms with Gasteiger partial charge in [0.1, 0.15) is 0 Å². The highest BCUT2D eigenvalue weighted by Crippen LogP contribution is 2.45. The molecule has 1 aliphatic rings. The number of pyridine rings is 1. The first-order valence-electron chi connectivity index (χ1n) is 15.4. The topological polar surface area (TPSA) is 29.2 Å². The molecule has 5 heterocycles. The maximum atomic E-state index is 5.01. The van der Waals surface area contributed by atoms with Gasteiger partial charge >= 0.3 is 6.98 Å². The fourth-order valence-electron chi connectivity index (χ4n) is 7.62. The van der Waals surface area contributed by atoms with Crippen LogP contribution in [0.2, 0.25) is 6.82 Å². The van der Waals surface area contributed by atoms with E-state index in [-0.39, 0.29) is 0 Å². The van der Waals surface area contributed by atoms with Crippen molar-refractivity contribution in [2.45, 2.75) is 6.82 Å². The highest BCUT2D eigenvalue weighted by atomic mass is 32.1. The van der Waals surface area contributed by atoms with Crippen molar-refractivity contribution in [1.82, 2.24) is 14.1 Å². The van der Waals surface area contributed by atoms with Gasteiger partial charge in [-0.2, -0.15) is 0 Å². The Morgan fingerprint density at radius 1 is 0.556 bits per heavy atom. The molecule has 0 spiro atoms. The van der Waals surface area contributed by atoms with Crippen molar-refractivity contribution in [3.8, 4) is 11.5 Å². The van der Waals surface area contributed by atoms with Crippen molar-refractivity contribution in [1.29, 1.82) is 0 Å². The summed E-state index contributed by atoms with van der Waals surface area (Å²) in [5, 5.41) is 7.56. The molecular formula is C38H28BN5S. The van der Waals surface area contributed by atoms with Gasteiger partial charge in [-0.15, -0.1) is 11.3 Å². The molecule has 4 aromatic heterocycles. The van der Waals surface area contributed by atoms with Crippen LogP contribution < -0.4 is 9.62 Å². The van der Waals surface area contributed by atoms with Gasteiger partial charge in [0, 0.05) is 54.6 Å². The van der Waals surface area contributed by atoms with Crippen molar-refractivity contribution < 1.29 is 0 Å². The van der Waals surface area contributed by atoms with Crippen LogP contribution in [-0.4, -0.2) is 35.2 Å². The SMILES string of the molecule is CB1N(C)c2cc3c4ccccc4n(-c4ccc5sc6c(-n7c8ccccc8c8ccccc87)nccc6c5c4)c3cc2N1C. The van der Waals surface area contributed by atoms with E-state index in [1.54, 1.807) is 0 Å². The molecule has 0 saturated carbocycles. The van der Waals surface area contributed by atoms with E-state index >= 15 is 0 Å². The molecule has 1 aliphatic heterocycles. The largest absolute Gasteiger partial charge is 0.397 e. The molecule has 0 amide bonds. The number of hydrogen-bond donors (Lipinski definition) is 0. The lowest BCUT2D eigenvalue weighted by atomic mass is 9.78. The molecule has 5 nitrogen and oxygen atoms in total. The molecule has 9 aromatic rings. The van der Waals surface area contributed by atoms with Crippen molar-refractivity contribution in [3.63, 3.8) is 0 Å². The number of anilines is 2. The molecule has 0 aliphatic carbocycles. The van der Waals surface area contributed by atoms with Gasteiger partial charge in [-0.25, -0.2) is 4.98 Å². The molecule has 0 bridgehead atoms. The van der Waals surface area contributed by atoms with E-state index in [1.165, 1.54) is 80.8 Å². The van der Waals surface area contributed by atoms with Gasteiger partial charge in [0.2, 0.25) is 0 Å². The molecule has 5 aromatic carbocycles. The molecule has 0 radical (unpaired) electrons. The highest BCUT2D eigenvalue weighted by Gasteiger charge is 2.33. The van der Waals surface area contributed by atoms with Gasteiger partial charge in [-0.3, -0.25) is 4.57 Å². The van der Waals surface area contributed by atoms with Gasteiger partial charge in [0.25, 0.3) is 0 Å². The third kappa shape index (κ3) is 3.25. The first-order chi connectivity index (χ1) is 22.1. The average Bonchev–Trinajstić information content (AvgIpc) is 3.78. The lowest BCUT2D eigenvalue weighted by Gasteiger charge is -2.18. The summed E-state index contributed by atoms with van der Waals surface area (Å²) < 4.78 is 7.25. The van der Waals surface area contributed by atoms with E-state index < -0.39 is 0 Å². The Bertz CT molecular complexity index is 2630. The van der Waals surface area contributed by atoms with Crippen molar-refractivity contribution >= 4 is 93.5 Å². The number of rotatable bonds is 2. The quantitative estimate of drug-likeness (QED) is 0.186. The molecule has 7 heteroatoms. The summed E-state index contributed by atoms with van der Waals surface area (Å²) in [6.45, 7) is 2.58. The summed E-state index contributed by atoms with van der Waals surface area (Å²) in [4.78, 5) is 9.75. The van der Waals surface area contributed by atoms with Crippen LogP contribution in [0.15, 0.2) is 115 Å². The van der Waals surface area contributed by atoms with E-state index in [0.29, 0.717) is 6.98 Å². The first-order valence-corrected chi connectivity index (χ1v) is 16.2. The number of fused-ring (bicyclic) bond motifs is 10. The summed E-state index contributed by atoms with van der Waals surface area (Å²) in [7, 11) is 4.38. The van der Waals surface area contributed by atoms with E-state index in [1.807, 2.05) is 17.5 Å². The van der Waals surface area contributed by atoms with Gasteiger partial charge < -0.3 is 14.2 Å². The lowest BCUT2D eigenvalue weighted by Crippen LogP contribution is -2.41.